The number of aliphatic imine (C=N–C) groups is 1. The van der Waals surface area contributed by atoms with Gasteiger partial charge in [-0.25, -0.2) is 0 Å². The third-order valence-corrected chi connectivity index (χ3v) is 7.54. The van der Waals surface area contributed by atoms with Crippen LogP contribution in [0.25, 0.3) is 11.3 Å². The molecule has 3 atom stereocenters. The topological polar surface area (TPSA) is 104 Å². The Bertz CT molecular complexity index is 1460. The number of carbonyl (C=O) groups is 2. The van der Waals surface area contributed by atoms with Gasteiger partial charge in [0.2, 0.25) is 11.8 Å². The molecule has 0 aliphatic rings. The van der Waals surface area contributed by atoms with Gasteiger partial charge in [-0.1, -0.05) is 88.9 Å². The highest BCUT2D eigenvalue weighted by Gasteiger charge is 2.25. The summed E-state index contributed by atoms with van der Waals surface area (Å²) in [5, 5.41) is 16.6. The third-order valence-electron chi connectivity index (χ3n) is 7.54. The number of carbonyl (C=O) groups excluding carboxylic acids is 2. The van der Waals surface area contributed by atoms with Gasteiger partial charge in [-0.05, 0) is 71.7 Å². The Balaban J connectivity index is 1.66. The molecule has 2 aromatic carbocycles. The van der Waals surface area contributed by atoms with Gasteiger partial charge in [0.1, 0.15) is 0 Å². The Morgan fingerprint density at radius 1 is 0.867 bits per heavy atom. The molecule has 3 aromatic rings. The van der Waals surface area contributed by atoms with Crippen LogP contribution in [-0.4, -0.2) is 53.9 Å². The van der Waals surface area contributed by atoms with E-state index >= 15 is 0 Å². The van der Waals surface area contributed by atoms with Gasteiger partial charge in [-0.2, -0.15) is 0 Å². The van der Waals surface area contributed by atoms with Gasteiger partial charge in [0, 0.05) is 31.9 Å². The summed E-state index contributed by atoms with van der Waals surface area (Å²) in [6.45, 7) is 12.1. The van der Waals surface area contributed by atoms with Crippen LogP contribution in [0.5, 0.6) is 0 Å². The molecule has 0 aliphatic carbocycles. The van der Waals surface area contributed by atoms with E-state index in [1.807, 2.05) is 78.9 Å². The first kappa shape index (κ1) is 35.1. The lowest BCUT2D eigenvalue weighted by atomic mass is 9.88. The highest BCUT2D eigenvalue weighted by Crippen LogP contribution is 2.28. The van der Waals surface area contributed by atoms with E-state index in [4.69, 9.17) is 0 Å². The van der Waals surface area contributed by atoms with Crippen molar-refractivity contribution in [2.24, 2.45) is 16.8 Å². The van der Waals surface area contributed by atoms with Crippen molar-refractivity contribution in [3.05, 3.63) is 114 Å². The largest absolute Gasteiger partial charge is 0.389 e. The molecular weight excluding hydrogens is 560 g/mol. The number of allylic oxidation sites excluding steroid dienone is 3. The number of nitrogens with one attached hydrogen (secondary N) is 2. The number of aliphatic hydroxyl groups excluding tert-OH is 1. The van der Waals surface area contributed by atoms with E-state index in [2.05, 4.69) is 54.9 Å². The predicted molar refractivity (Wildman–Crippen MR) is 184 cm³/mol. The summed E-state index contributed by atoms with van der Waals surface area (Å²) in [5.41, 5.74) is 5.30. The Morgan fingerprint density at radius 3 is 2.00 bits per heavy atom. The lowest BCUT2D eigenvalue weighted by Gasteiger charge is -2.22. The van der Waals surface area contributed by atoms with E-state index in [-0.39, 0.29) is 42.7 Å². The van der Waals surface area contributed by atoms with Crippen molar-refractivity contribution in [2.75, 3.05) is 20.1 Å². The highest BCUT2D eigenvalue weighted by molar-refractivity contribution is 6.09. The molecule has 0 saturated heterocycles. The van der Waals surface area contributed by atoms with Crippen molar-refractivity contribution in [1.82, 2.24) is 15.6 Å². The maximum atomic E-state index is 13.4. The van der Waals surface area contributed by atoms with Gasteiger partial charge in [0.25, 0.3) is 0 Å². The molecule has 0 saturated carbocycles. The fourth-order valence-corrected chi connectivity index (χ4v) is 5.31. The van der Waals surface area contributed by atoms with E-state index in [1.165, 1.54) is 0 Å². The van der Waals surface area contributed by atoms with Crippen LogP contribution in [-0.2, 0) is 9.59 Å². The molecule has 1 heterocycles. The van der Waals surface area contributed by atoms with Crippen molar-refractivity contribution in [3.63, 3.8) is 0 Å². The van der Waals surface area contributed by atoms with Gasteiger partial charge in [-0.3, -0.25) is 19.6 Å². The molecule has 7 heteroatoms. The van der Waals surface area contributed by atoms with Crippen molar-refractivity contribution in [3.8, 4) is 11.3 Å². The van der Waals surface area contributed by atoms with E-state index in [1.54, 1.807) is 19.3 Å². The third kappa shape index (κ3) is 10.9. The number of benzene rings is 2. The van der Waals surface area contributed by atoms with Gasteiger partial charge in [0.15, 0.2) is 0 Å². The summed E-state index contributed by atoms with van der Waals surface area (Å²) in [6.07, 6.45) is 7.54. The molecule has 0 aliphatic heterocycles. The summed E-state index contributed by atoms with van der Waals surface area (Å²) in [6, 6.07) is 21.5. The lowest BCUT2D eigenvalue weighted by Crippen LogP contribution is -2.42. The smallest absolute Gasteiger partial charge is 0.227 e. The quantitative estimate of drug-likeness (QED) is 0.128. The molecule has 45 heavy (non-hydrogen) atoms. The Hall–Kier alpha value is -4.36. The first-order valence-corrected chi connectivity index (χ1v) is 15.7. The molecule has 3 N–H and O–H groups in total. The minimum absolute atomic E-state index is 0.0289. The average Bonchev–Trinajstić information content (AvgIpc) is 3.04. The molecule has 0 bridgehead atoms. The van der Waals surface area contributed by atoms with Gasteiger partial charge in [-0.15, -0.1) is 0 Å². The van der Waals surface area contributed by atoms with Crippen LogP contribution in [0.1, 0.15) is 69.1 Å². The normalized spacial score (nSPS) is 13.9. The van der Waals surface area contributed by atoms with E-state index in [0.29, 0.717) is 12.8 Å². The Morgan fingerprint density at radius 2 is 1.47 bits per heavy atom. The van der Waals surface area contributed by atoms with Crippen molar-refractivity contribution < 1.29 is 14.7 Å². The van der Waals surface area contributed by atoms with Crippen LogP contribution < -0.4 is 10.6 Å². The number of rotatable bonds is 16. The number of pyridine rings is 1. The molecule has 1 aromatic heterocycles. The number of aliphatic hydroxyl groups is 1. The highest BCUT2D eigenvalue weighted by atomic mass is 16.3. The summed E-state index contributed by atoms with van der Waals surface area (Å²) in [5.74, 6) is -0.515. The predicted octanol–water partition coefficient (Wildman–Crippen LogP) is 6.46. The van der Waals surface area contributed by atoms with Crippen LogP contribution in [0.4, 0.5) is 0 Å². The molecule has 3 rings (SSSR count). The summed E-state index contributed by atoms with van der Waals surface area (Å²) < 4.78 is 0. The molecule has 0 radical (unpaired) electrons. The zero-order valence-electron chi connectivity index (χ0n) is 27.2. The zero-order chi connectivity index (χ0) is 32.8. The molecule has 0 spiro atoms. The standard InChI is InChI=1S/C38H48N4O3/c1-7-8-17-35(39-6)30-15-11-13-28(22-30)33(20-26(2)3)37(44)41-24-32(43)25-42-38(45)34(21-27(4)5)29-14-12-16-31(23-29)36-18-9-10-19-40-36/h7-19,22-23,26-27,32-34,43H,1,20-21,24-25H2,2-6H3,(H,41,44)(H,42,45)/b17-8-,39-35?. The molecular formula is C38H48N4O3. The average molecular weight is 609 g/mol. The minimum Gasteiger partial charge on any atom is -0.389 e. The van der Waals surface area contributed by atoms with Crippen molar-refractivity contribution >= 4 is 17.5 Å². The van der Waals surface area contributed by atoms with Crippen LogP contribution in [0.2, 0.25) is 0 Å². The number of hydrogen-bond donors (Lipinski definition) is 3. The SMILES string of the molecule is C=C/C=C\C(=NC)c1cccc(C(CC(C)C)C(=O)NCC(O)CNC(=O)C(CC(C)C)c2cccc(-c3ccccn3)c2)c1. The van der Waals surface area contributed by atoms with Crippen molar-refractivity contribution in [2.45, 2.75) is 58.5 Å². The van der Waals surface area contributed by atoms with Crippen LogP contribution >= 0.6 is 0 Å². The fraction of sp³-hybridized carbons (Fsp3) is 0.368. The van der Waals surface area contributed by atoms with E-state index in [9.17, 15) is 14.7 Å². The Kier molecular flexibility index (Phi) is 13.9. The van der Waals surface area contributed by atoms with Crippen LogP contribution in [0.3, 0.4) is 0 Å². The fourth-order valence-electron chi connectivity index (χ4n) is 5.31. The number of amides is 2. The van der Waals surface area contributed by atoms with E-state index in [0.717, 1.165) is 33.7 Å². The first-order chi connectivity index (χ1) is 21.6. The van der Waals surface area contributed by atoms with Gasteiger partial charge in [0.05, 0.1) is 29.3 Å². The van der Waals surface area contributed by atoms with Gasteiger partial charge >= 0.3 is 0 Å². The molecule has 2 amide bonds. The van der Waals surface area contributed by atoms with Crippen molar-refractivity contribution in [1.29, 1.82) is 0 Å². The summed E-state index contributed by atoms with van der Waals surface area (Å²) in [4.78, 5) is 35.7. The molecule has 0 fully saturated rings. The minimum atomic E-state index is -0.939. The number of nitrogens with zero attached hydrogens (tertiary/aromatic N) is 2. The second-order valence-electron chi connectivity index (χ2n) is 12.2. The van der Waals surface area contributed by atoms with Crippen LogP contribution in [0, 0.1) is 11.8 Å². The van der Waals surface area contributed by atoms with Crippen LogP contribution in [0.15, 0.2) is 103 Å². The maximum Gasteiger partial charge on any atom is 0.227 e. The molecule has 3 unspecified atom stereocenters. The maximum absolute atomic E-state index is 13.4. The van der Waals surface area contributed by atoms with E-state index < -0.39 is 12.0 Å². The lowest BCUT2D eigenvalue weighted by molar-refractivity contribution is -0.123. The first-order valence-electron chi connectivity index (χ1n) is 15.7. The number of aromatic nitrogens is 1. The second kappa shape index (κ2) is 17.8. The second-order valence-corrected chi connectivity index (χ2v) is 12.2. The summed E-state index contributed by atoms with van der Waals surface area (Å²) >= 11 is 0. The summed E-state index contributed by atoms with van der Waals surface area (Å²) in [7, 11) is 1.73. The molecule has 238 valence electrons. The Labute approximate surface area is 268 Å². The monoisotopic (exact) mass is 608 g/mol. The number of hydrogen-bond acceptors (Lipinski definition) is 5. The molecule has 7 nitrogen and oxygen atoms in total. The van der Waals surface area contributed by atoms with Gasteiger partial charge < -0.3 is 15.7 Å². The zero-order valence-corrected chi connectivity index (χ0v) is 27.2.